The first-order chi connectivity index (χ1) is 12.8. The smallest absolute Gasteiger partial charge is 0.387 e. The number of aliphatic imine (C=N–C) groups is 1. The Hall–Kier alpha value is -1.40. The Morgan fingerprint density at radius 3 is 2.71 bits per heavy atom. The van der Waals surface area contributed by atoms with Crippen molar-refractivity contribution in [2.75, 3.05) is 13.1 Å². The van der Waals surface area contributed by atoms with Crippen molar-refractivity contribution in [1.82, 2.24) is 10.6 Å². The molecule has 156 valence electrons. The number of nitrogens with zero attached hydrogens (tertiary/aromatic N) is 1. The van der Waals surface area contributed by atoms with E-state index in [1.165, 1.54) is 12.3 Å². The van der Waals surface area contributed by atoms with Gasteiger partial charge in [-0.15, -0.1) is 24.0 Å². The molecule has 2 rings (SSSR count). The first-order valence-electron chi connectivity index (χ1n) is 8.33. The van der Waals surface area contributed by atoms with Crippen LogP contribution in [0.2, 0.25) is 0 Å². The van der Waals surface area contributed by atoms with Gasteiger partial charge in [-0.2, -0.15) is 8.78 Å². The molecule has 1 aromatic carbocycles. The molecule has 2 aromatic rings. The van der Waals surface area contributed by atoms with E-state index >= 15 is 0 Å². The summed E-state index contributed by atoms with van der Waals surface area (Å²) >= 11 is 3.31. The fourth-order valence-electron chi connectivity index (χ4n) is 2.32. The molecule has 0 aliphatic carbocycles. The summed E-state index contributed by atoms with van der Waals surface area (Å²) in [6.07, 6.45) is 1.49. The second-order valence-electron chi connectivity index (χ2n) is 5.93. The first-order valence-corrected chi connectivity index (χ1v) is 9.13. The van der Waals surface area contributed by atoms with Crippen LogP contribution in [0.1, 0.15) is 25.2 Å². The molecule has 0 bridgehead atoms. The van der Waals surface area contributed by atoms with Crippen molar-refractivity contribution in [2.45, 2.75) is 32.6 Å². The van der Waals surface area contributed by atoms with Gasteiger partial charge in [-0.25, -0.2) is 4.99 Å². The van der Waals surface area contributed by atoms with E-state index in [4.69, 9.17) is 4.42 Å². The summed E-state index contributed by atoms with van der Waals surface area (Å²) in [4.78, 5) is 4.38. The minimum Gasteiger partial charge on any atom is -0.466 e. The molecule has 6 nitrogen and oxygen atoms in total. The summed E-state index contributed by atoms with van der Waals surface area (Å²) in [6.45, 7) is 1.44. The lowest BCUT2D eigenvalue weighted by Gasteiger charge is -2.22. The van der Waals surface area contributed by atoms with Crippen LogP contribution in [0.3, 0.4) is 0 Å². The lowest BCUT2D eigenvalue weighted by molar-refractivity contribution is -0.0504. The lowest BCUT2D eigenvalue weighted by Crippen LogP contribution is -2.44. The standard InChI is InChI=1S/C18H22BrF2N3O3.HI/c1-3-22-17(24-11-18(2,25)15-5-4-8-26-15)23-10-12-9-13(19)6-7-14(12)27-16(20)21;/h4-9,16,25H,3,10-11H2,1-2H3,(H2,22,23,24);1H. The maximum Gasteiger partial charge on any atom is 0.387 e. The third-order valence-corrected chi connectivity index (χ3v) is 4.14. The highest BCUT2D eigenvalue weighted by atomic mass is 127. The Kier molecular flexibility index (Phi) is 10.2. The van der Waals surface area contributed by atoms with Crippen molar-refractivity contribution >= 4 is 45.9 Å². The van der Waals surface area contributed by atoms with Crippen molar-refractivity contribution in [3.05, 3.63) is 52.4 Å². The number of alkyl halides is 2. The average Bonchev–Trinajstić information content (AvgIpc) is 3.14. The third kappa shape index (κ3) is 7.55. The molecule has 1 heterocycles. The van der Waals surface area contributed by atoms with E-state index in [0.29, 0.717) is 23.8 Å². The molecular formula is C18H23BrF2IN3O3. The normalized spacial score (nSPS) is 13.6. The predicted octanol–water partition coefficient (Wildman–Crippen LogP) is 4.22. The molecule has 1 atom stereocenters. The number of guanidine groups is 1. The van der Waals surface area contributed by atoms with Crippen molar-refractivity contribution < 1.29 is 23.0 Å². The number of rotatable bonds is 8. The van der Waals surface area contributed by atoms with Gasteiger partial charge < -0.3 is 24.9 Å². The van der Waals surface area contributed by atoms with Gasteiger partial charge in [0.2, 0.25) is 0 Å². The van der Waals surface area contributed by atoms with Gasteiger partial charge in [0, 0.05) is 16.6 Å². The summed E-state index contributed by atoms with van der Waals surface area (Å²) in [7, 11) is 0. The third-order valence-electron chi connectivity index (χ3n) is 3.64. The number of ether oxygens (including phenoxy) is 1. The minimum absolute atomic E-state index is 0. The van der Waals surface area contributed by atoms with Gasteiger partial charge >= 0.3 is 6.61 Å². The van der Waals surface area contributed by atoms with E-state index in [-0.39, 0.29) is 42.8 Å². The number of nitrogens with one attached hydrogen (secondary N) is 2. The zero-order valence-corrected chi connectivity index (χ0v) is 19.3. The molecule has 0 saturated carbocycles. The highest BCUT2D eigenvalue weighted by Crippen LogP contribution is 2.25. The van der Waals surface area contributed by atoms with Crippen molar-refractivity contribution in [1.29, 1.82) is 0 Å². The van der Waals surface area contributed by atoms with E-state index in [1.807, 2.05) is 6.92 Å². The lowest BCUT2D eigenvalue weighted by atomic mass is 10.0. The highest BCUT2D eigenvalue weighted by molar-refractivity contribution is 14.0. The number of furan rings is 1. The largest absolute Gasteiger partial charge is 0.466 e. The second kappa shape index (κ2) is 11.6. The molecule has 1 unspecified atom stereocenters. The molecule has 0 amide bonds. The first kappa shape index (κ1) is 24.6. The van der Waals surface area contributed by atoms with E-state index < -0.39 is 12.2 Å². The molecule has 0 saturated heterocycles. The summed E-state index contributed by atoms with van der Waals surface area (Å²) in [5.74, 6) is 0.910. The van der Waals surface area contributed by atoms with Crippen LogP contribution in [-0.2, 0) is 12.1 Å². The van der Waals surface area contributed by atoms with Crippen molar-refractivity contribution in [3.8, 4) is 5.75 Å². The zero-order valence-electron chi connectivity index (χ0n) is 15.4. The van der Waals surface area contributed by atoms with Gasteiger partial charge in [0.15, 0.2) is 5.96 Å². The maximum absolute atomic E-state index is 12.6. The van der Waals surface area contributed by atoms with Crippen LogP contribution in [0.4, 0.5) is 8.78 Å². The van der Waals surface area contributed by atoms with Gasteiger partial charge in [0.1, 0.15) is 17.1 Å². The number of halogens is 4. The van der Waals surface area contributed by atoms with Gasteiger partial charge in [0.25, 0.3) is 0 Å². The average molecular weight is 574 g/mol. The Balaban J connectivity index is 0.00000392. The summed E-state index contributed by atoms with van der Waals surface area (Å²) in [5.41, 5.74) is -0.737. The molecule has 0 radical (unpaired) electrons. The molecular weight excluding hydrogens is 551 g/mol. The van der Waals surface area contributed by atoms with Crippen LogP contribution in [0.25, 0.3) is 0 Å². The Morgan fingerprint density at radius 2 is 2.11 bits per heavy atom. The summed E-state index contributed by atoms with van der Waals surface area (Å²) in [6, 6.07) is 8.13. The molecule has 0 aliphatic heterocycles. The van der Waals surface area contributed by atoms with Gasteiger partial charge in [-0.1, -0.05) is 15.9 Å². The van der Waals surface area contributed by atoms with Crippen LogP contribution in [0.15, 0.2) is 50.5 Å². The van der Waals surface area contributed by atoms with Crippen LogP contribution >= 0.6 is 39.9 Å². The monoisotopic (exact) mass is 573 g/mol. The van der Waals surface area contributed by atoms with E-state index in [0.717, 1.165) is 4.47 Å². The SMILES string of the molecule is CCNC(=NCc1cc(Br)ccc1OC(F)F)NCC(C)(O)c1ccco1.I. The Bertz CT molecular complexity index is 759. The predicted molar refractivity (Wildman–Crippen MR) is 117 cm³/mol. The zero-order chi connectivity index (χ0) is 19.9. The summed E-state index contributed by atoms with van der Waals surface area (Å²) in [5, 5.41) is 16.6. The van der Waals surface area contributed by atoms with E-state index in [1.54, 1.807) is 31.2 Å². The van der Waals surface area contributed by atoms with Gasteiger partial charge in [-0.05, 0) is 44.2 Å². The van der Waals surface area contributed by atoms with Crippen LogP contribution < -0.4 is 15.4 Å². The quantitative estimate of drug-likeness (QED) is 0.250. The van der Waals surface area contributed by atoms with Gasteiger partial charge in [-0.3, -0.25) is 0 Å². The Labute approximate surface area is 187 Å². The molecule has 0 aliphatic rings. The molecule has 1 aromatic heterocycles. The van der Waals surface area contributed by atoms with E-state index in [2.05, 4.69) is 36.3 Å². The van der Waals surface area contributed by atoms with Crippen LogP contribution in [0, 0.1) is 0 Å². The fraction of sp³-hybridized carbons (Fsp3) is 0.389. The molecule has 28 heavy (non-hydrogen) atoms. The number of aliphatic hydroxyl groups is 1. The van der Waals surface area contributed by atoms with E-state index in [9.17, 15) is 13.9 Å². The maximum atomic E-state index is 12.6. The van der Waals surface area contributed by atoms with Gasteiger partial charge in [0.05, 0.1) is 19.4 Å². The Morgan fingerprint density at radius 1 is 1.36 bits per heavy atom. The van der Waals surface area contributed by atoms with Crippen LogP contribution in [0.5, 0.6) is 5.75 Å². The molecule has 10 heteroatoms. The fourth-order valence-corrected chi connectivity index (χ4v) is 2.72. The van der Waals surface area contributed by atoms with Crippen molar-refractivity contribution in [2.24, 2.45) is 4.99 Å². The molecule has 0 spiro atoms. The summed E-state index contributed by atoms with van der Waals surface area (Å²) < 4.78 is 35.7. The number of benzene rings is 1. The molecule has 3 N–H and O–H groups in total. The minimum atomic E-state index is -2.91. The van der Waals surface area contributed by atoms with Crippen molar-refractivity contribution in [3.63, 3.8) is 0 Å². The second-order valence-corrected chi connectivity index (χ2v) is 6.85. The topological polar surface area (TPSA) is 79.0 Å². The highest BCUT2D eigenvalue weighted by Gasteiger charge is 2.26. The number of hydrogen-bond acceptors (Lipinski definition) is 4. The van der Waals surface area contributed by atoms with Crippen LogP contribution in [-0.4, -0.2) is 30.8 Å². The molecule has 0 fully saturated rings. The number of hydrogen-bond donors (Lipinski definition) is 3.